The quantitative estimate of drug-likeness (QED) is 0.558. The van der Waals surface area contributed by atoms with Crippen LogP contribution in [0.15, 0.2) is 90.3 Å². The Hall–Kier alpha value is -2.44. The smallest absolute Gasteiger partial charge is 0.0598 e. The average molecular weight is 372 g/mol. The molecule has 3 heteroatoms. The zero-order chi connectivity index (χ0) is 18.8. The van der Waals surface area contributed by atoms with Gasteiger partial charge in [0.15, 0.2) is 0 Å². The Kier molecular flexibility index (Phi) is 5.09. The third kappa shape index (κ3) is 3.55. The first-order valence-electron chi connectivity index (χ1n) is 9.46. The molecular formula is C24H25N2P. The van der Waals surface area contributed by atoms with Crippen LogP contribution >= 0.6 is 7.92 Å². The maximum absolute atomic E-state index is 4.76. The van der Waals surface area contributed by atoms with E-state index >= 15 is 0 Å². The Morgan fingerprint density at radius 3 is 2.04 bits per heavy atom. The highest BCUT2D eigenvalue weighted by Gasteiger charge is 2.31. The van der Waals surface area contributed by atoms with Crippen molar-refractivity contribution >= 4 is 18.5 Å². The minimum absolute atomic E-state index is 0.293. The van der Waals surface area contributed by atoms with Crippen molar-refractivity contribution < 1.29 is 0 Å². The van der Waals surface area contributed by atoms with Crippen molar-refractivity contribution in [3.63, 3.8) is 0 Å². The third-order valence-electron chi connectivity index (χ3n) is 5.16. The second kappa shape index (κ2) is 7.66. The van der Waals surface area contributed by atoms with Crippen molar-refractivity contribution in [3.05, 3.63) is 102 Å². The van der Waals surface area contributed by atoms with E-state index in [0.29, 0.717) is 12.0 Å². The van der Waals surface area contributed by atoms with Crippen LogP contribution in [0.25, 0.3) is 0 Å². The van der Waals surface area contributed by atoms with Crippen molar-refractivity contribution in [1.82, 2.24) is 9.78 Å². The van der Waals surface area contributed by atoms with Gasteiger partial charge in [-0.05, 0) is 50.7 Å². The van der Waals surface area contributed by atoms with E-state index in [0.717, 1.165) is 5.69 Å². The first-order valence-corrected chi connectivity index (χ1v) is 10.8. The van der Waals surface area contributed by atoms with E-state index in [1.54, 1.807) is 0 Å². The second-order valence-electron chi connectivity index (χ2n) is 7.12. The summed E-state index contributed by atoms with van der Waals surface area (Å²) in [6.07, 6.45) is 6.90. The molecule has 0 N–H and O–H groups in total. The lowest BCUT2D eigenvalue weighted by molar-refractivity contribution is 0.421. The van der Waals surface area contributed by atoms with Crippen LogP contribution in [0.1, 0.15) is 24.4 Å². The van der Waals surface area contributed by atoms with E-state index in [2.05, 4.69) is 110 Å². The number of hydrogen-bond donors (Lipinski definition) is 0. The first kappa shape index (κ1) is 17.9. The molecule has 1 aliphatic rings. The number of allylic oxidation sites excluding steroid dienone is 4. The fourth-order valence-electron chi connectivity index (χ4n) is 3.93. The molecule has 0 radical (unpaired) electrons. The van der Waals surface area contributed by atoms with Crippen molar-refractivity contribution in [2.75, 3.05) is 0 Å². The summed E-state index contributed by atoms with van der Waals surface area (Å²) in [4.78, 5) is 0. The molecule has 0 saturated carbocycles. The number of rotatable bonds is 5. The molecular weight excluding hydrogens is 347 g/mol. The third-order valence-corrected chi connectivity index (χ3v) is 7.76. The average Bonchev–Trinajstić information content (AvgIpc) is 3.29. The zero-order valence-electron chi connectivity index (χ0n) is 16.1. The number of aryl methyl sites for hydroxylation is 2. The maximum Gasteiger partial charge on any atom is 0.0598 e. The topological polar surface area (TPSA) is 17.8 Å². The highest BCUT2D eigenvalue weighted by Crippen LogP contribution is 2.51. The summed E-state index contributed by atoms with van der Waals surface area (Å²) < 4.78 is 2.19. The lowest BCUT2D eigenvalue weighted by Gasteiger charge is -2.29. The zero-order valence-corrected chi connectivity index (χ0v) is 17.0. The number of benzene rings is 2. The summed E-state index contributed by atoms with van der Waals surface area (Å²) >= 11 is 0. The summed E-state index contributed by atoms with van der Waals surface area (Å²) in [6.45, 7) is 6.51. The lowest BCUT2D eigenvalue weighted by Crippen LogP contribution is -2.22. The molecule has 3 aromatic rings. The van der Waals surface area contributed by atoms with Crippen molar-refractivity contribution in [3.8, 4) is 0 Å². The molecule has 0 saturated heterocycles. The molecule has 136 valence electrons. The maximum atomic E-state index is 4.76. The fourth-order valence-corrected chi connectivity index (χ4v) is 6.60. The summed E-state index contributed by atoms with van der Waals surface area (Å²) in [7, 11) is -0.559. The molecule has 1 unspecified atom stereocenters. The van der Waals surface area contributed by atoms with Gasteiger partial charge in [0.05, 0.1) is 11.7 Å². The van der Waals surface area contributed by atoms with Gasteiger partial charge < -0.3 is 0 Å². The number of nitrogens with zero attached hydrogens (tertiary/aromatic N) is 2. The van der Waals surface area contributed by atoms with Crippen LogP contribution in [0, 0.1) is 19.8 Å². The molecule has 2 nitrogen and oxygen atoms in total. The van der Waals surface area contributed by atoms with Gasteiger partial charge in [-0.1, -0.05) is 78.9 Å². The van der Waals surface area contributed by atoms with Crippen molar-refractivity contribution in [2.45, 2.75) is 26.8 Å². The molecule has 0 bridgehead atoms. The normalized spacial score (nSPS) is 17.3. The number of hydrogen-bond acceptors (Lipinski definition) is 1. The van der Waals surface area contributed by atoms with Gasteiger partial charge in [0.2, 0.25) is 0 Å². The molecule has 27 heavy (non-hydrogen) atoms. The molecule has 1 aliphatic carbocycles. The minimum atomic E-state index is -0.559. The Morgan fingerprint density at radius 1 is 0.926 bits per heavy atom. The van der Waals surface area contributed by atoms with E-state index in [1.807, 2.05) is 0 Å². The molecule has 2 aromatic carbocycles. The predicted molar refractivity (Wildman–Crippen MR) is 116 cm³/mol. The van der Waals surface area contributed by atoms with Gasteiger partial charge in [0.25, 0.3) is 0 Å². The van der Waals surface area contributed by atoms with Crippen molar-refractivity contribution in [1.29, 1.82) is 0 Å². The molecule has 0 amide bonds. The highest BCUT2D eigenvalue weighted by atomic mass is 31.1. The van der Waals surface area contributed by atoms with E-state index in [9.17, 15) is 0 Å². The Balaban J connectivity index is 1.75. The van der Waals surface area contributed by atoms with Crippen LogP contribution in [0.4, 0.5) is 0 Å². The summed E-state index contributed by atoms with van der Waals surface area (Å²) in [6, 6.07) is 24.3. The predicted octanol–water partition coefficient (Wildman–Crippen LogP) is 5.26. The van der Waals surface area contributed by atoms with Gasteiger partial charge in [0.1, 0.15) is 0 Å². The Labute approximate surface area is 163 Å². The largest absolute Gasteiger partial charge is 0.266 e. The van der Waals surface area contributed by atoms with Gasteiger partial charge in [-0.25, -0.2) is 0 Å². The first-order chi connectivity index (χ1) is 13.1. The second-order valence-corrected chi connectivity index (χ2v) is 9.34. The Bertz CT molecular complexity index is 931. The SMILES string of the molecule is Cc1cc(C)n([C@H](C)C2C=CC=C2P(c2ccccc2)c2ccccc2)n1. The summed E-state index contributed by atoms with van der Waals surface area (Å²) in [5.41, 5.74) is 2.31. The molecule has 0 aliphatic heterocycles. The van der Waals surface area contributed by atoms with Crippen LogP contribution in [0.2, 0.25) is 0 Å². The standard InChI is InChI=1S/C24H25N2P/c1-18-17-19(2)26(25-18)20(3)23-15-10-16-24(23)27(21-11-6-4-7-12-21)22-13-8-5-9-14-22/h4-17,20,23H,1-3H3/t20-,23?/m1/s1. The van der Waals surface area contributed by atoms with E-state index in [-0.39, 0.29) is 0 Å². The van der Waals surface area contributed by atoms with Gasteiger partial charge in [-0.3, -0.25) is 4.68 Å². The molecule has 0 spiro atoms. The van der Waals surface area contributed by atoms with Crippen LogP contribution in [-0.4, -0.2) is 9.78 Å². The minimum Gasteiger partial charge on any atom is -0.266 e. The van der Waals surface area contributed by atoms with Gasteiger partial charge >= 0.3 is 0 Å². The van der Waals surface area contributed by atoms with Crippen LogP contribution < -0.4 is 10.6 Å². The van der Waals surface area contributed by atoms with E-state index in [4.69, 9.17) is 5.10 Å². The van der Waals surface area contributed by atoms with Crippen LogP contribution in [0.3, 0.4) is 0 Å². The Morgan fingerprint density at radius 2 is 1.52 bits per heavy atom. The van der Waals surface area contributed by atoms with E-state index < -0.39 is 7.92 Å². The molecule has 2 atom stereocenters. The summed E-state index contributed by atoms with van der Waals surface area (Å²) in [5.74, 6) is 0.356. The molecule has 1 aromatic heterocycles. The highest BCUT2D eigenvalue weighted by molar-refractivity contribution is 7.76. The van der Waals surface area contributed by atoms with Gasteiger partial charge in [-0.2, -0.15) is 5.10 Å². The number of aromatic nitrogens is 2. The van der Waals surface area contributed by atoms with Crippen molar-refractivity contribution in [2.24, 2.45) is 5.92 Å². The fraction of sp³-hybridized carbons (Fsp3) is 0.208. The molecule has 1 heterocycles. The van der Waals surface area contributed by atoms with Crippen LogP contribution in [0.5, 0.6) is 0 Å². The lowest BCUT2D eigenvalue weighted by atomic mass is 10.0. The van der Waals surface area contributed by atoms with Gasteiger partial charge in [-0.15, -0.1) is 0 Å². The monoisotopic (exact) mass is 372 g/mol. The van der Waals surface area contributed by atoms with Gasteiger partial charge in [0, 0.05) is 11.6 Å². The molecule has 0 fully saturated rings. The summed E-state index contributed by atoms with van der Waals surface area (Å²) in [5, 5.41) is 9.06. The van der Waals surface area contributed by atoms with E-state index in [1.165, 1.54) is 21.6 Å². The molecule has 4 rings (SSSR count). The van der Waals surface area contributed by atoms with Crippen LogP contribution in [-0.2, 0) is 0 Å².